The highest BCUT2D eigenvalue weighted by Crippen LogP contribution is 2.19. The lowest BCUT2D eigenvalue weighted by atomic mass is 10.2. The van der Waals surface area contributed by atoms with Gasteiger partial charge in [-0.1, -0.05) is 11.3 Å². The predicted octanol–water partition coefficient (Wildman–Crippen LogP) is -1.55. The average molecular weight is 493 g/mol. The van der Waals surface area contributed by atoms with Gasteiger partial charge in [0.15, 0.2) is 15.3 Å². The fourth-order valence-corrected chi connectivity index (χ4v) is 4.76. The number of aromatic amines is 1. The van der Waals surface area contributed by atoms with E-state index in [2.05, 4.69) is 38.5 Å². The van der Waals surface area contributed by atoms with Gasteiger partial charge in [-0.05, 0) is 36.8 Å². The maximum Gasteiger partial charge on any atom is 0.263 e. The first-order chi connectivity index (χ1) is 13.8. The molecule has 0 saturated heterocycles. The van der Waals surface area contributed by atoms with E-state index in [1.807, 2.05) is 13.8 Å². The first kappa shape index (κ1) is 24.3. The van der Waals surface area contributed by atoms with Gasteiger partial charge in [-0.3, -0.25) is 9.82 Å². The summed E-state index contributed by atoms with van der Waals surface area (Å²) < 4.78 is 63.8. The Hall–Kier alpha value is -1.97. The molecule has 0 aliphatic carbocycles. The van der Waals surface area contributed by atoms with E-state index in [4.69, 9.17) is 30.9 Å². The minimum atomic E-state index is -4.94. The molecule has 0 spiro atoms. The Kier molecular flexibility index (Phi) is 7.65. The van der Waals surface area contributed by atoms with Gasteiger partial charge < -0.3 is 0 Å². The van der Waals surface area contributed by atoms with Crippen molar-refractivity contribution in [2.24, 2.45) is 0 Å². The first-order valence-corrected chi connectivity index (χ1v) is 12.0. The third-order valence-corrected chi connectivity index (χ3v) is 6.13. The number of anilines is 1. The highest BCUT2D eigenvalue weighted by molar-refractivity contribution is 7.93. The largest absolute Gasteiger partial charge is 0.263 e. The van der Waals surface area contributed by atoms with Gasteiger partial charge >= 0.3 is 0 Å². The highest BCUT2D eigenvalue weighted by atomic mass is 35.7. The molecule has 30 heavy (non-hydrogen) atoms. The number of nitrogens with zero attached hydrogens (tertiary/aromatic N) is 2. The quantitative estimate of drug-likeness (QED) is 0.325. The Morgan fingerprint density at radius 2 is 1.57 bits per heavy atom. The van der Waals surface area contributed by atoms with E-state index < -0.39 is 20.3 Å². The Bertz CT molecular complexity index is 1160. The van der Waals surface area contributed by atoms with E-state index in [0.717, 1.165) is 28.4 Å². The third kappa shape index (κ3) is 7.07. The molecule has 2 N–H and O–H groups in total. The van der Waals surface area contributed by atoms with Crippen LogP contribution in [-0.2, 0) is 10.0 Å². The molecule has 0 bridgehead atoms. The zero-order chi connectivity index (χ0) is 22.7. The molecule has 3 aromatic rings. The molecule has 0 aliphatic heterocycles. The van der Waals surface area contributed by atoms with E-state index in [1.165, 1.54) is 5.56 Å². The van der Waals surface area contributed by atoms with Crippen molar-refractivity contribution >= 4 is 38.7 Å². The van der Waals surface area contributed by atoms with Crippen LogP contribution in [0.2, 0.25) is 0 Å². The maximum atomic E-state index is 12.4. The Morgan fingerprint density at radius 1 is 1.07 bits per heavy atom. The minimum Gasteiger partial charge on any atom is -0.256 e. The van der Waals surface area contributed by atoms with Crippen molar-refractivity contribution in [2.45, 2.75) is 25.7 Å². The third-order valence-electron chi connectivity index (χ3n) is 3.64. The summed E-state index contributed by atoms with van der Waals surface area (Å²) in [5.74, 6) is 0. The molecule has 0 fully saturated rings. The van der Waals surface area contributed by atoms with Crippen molar-refractivity contribution in [1.82, 2.24) is 10.2 Å². The second-order valence-electron chi connectivity index (χ2n) is 6.05. The summed E-state index contributed by atoms with van der Waals surface area (Å²) in [5.41, 5.74) is 4.27. The second-order valence-corrected chi connectivity index (χ2v) is 10.2. The number of sulfonamides is 1. The first-order valence-electron chi connectivity index (χ1n) is 8.07. The van der Waals surface area contributed by atoms with Crippen molar-refractivity contribution in [3.8, 4) is 5.69 Å². The molecule has 14 heteroatoms. The number of H-pyrrole nitrogens is 1. The molecule has 3 rings (SSSR count). The maximum absolute atomic E-state index is 12.4. The van der Waals surface area contributed by atoms with Crippen molar-refractivity contribution in [1.29, 1.82) is 0 Å². The van der Waals surface area contributed by atoms with Crippen molar-refractivity contribution in [3.05, 3.63) is 57.3 Å². The van der Waals surface area contributed by atoms with Crippen LogP contribution in [0.3, 0.4) is 0 Å². The SMILES string of the molecule is Cc1cc(C)[n+](-c2ccc(S(=O)(=O)Nc3n[nH]c(=S)s3)cc2)c(C)c1.[O-][Cl+3]([O-])([O-])[O-]. The van der Waals surface area contributed by atoms with Crippen molar-refractivity contribution in [2.75, 3.05) is 4.72 Å². The normalized spacial score (nSPS) is 11.6. The van der Waals surface area contributed by atoms with Gasteiger partial charge in [0.05, 0.1) is 4.90 Å². The number of pyridine rings is 1. The average Bonchev–Trinajstić information content (AvgIpc) is 2.97. The number of aromatic nitrogens is 3. The number of aryl methyl sites for hydroxylation is 3. The molecule has 2 aromatic heterocycles. The Labute approximate surface area is 183 Å². The summed E-state index contributed by atoms with van der Waals surface area (Å²) in [4.78, 5) is 0.167. The van der Waals surface area contributed by atoms with E-state index in [-0.39, 0.29) is 10.0 Å². The lowest BCUT2D eigenvalue weighted by Gasteiger charge is -2.17. The molecule has 0 radical (unpaired) electrons. The molecule has 0 atom stereocenters. The molecule has 0 saturated carbocycles. The summed E-state index contributed by atoms with van der Waals surface area (Å²) in [7, 11) is -8.65. The van der Waals surface area contributed by atoms with Gasteiger partial charge in [0.25, 0.3) is 10.0 Å². The standard InChI is InChI=1S/C16H16N4O2S3.ClHO4/c1-10-8-11(2)20(12(3)9-10)13-4-6-14(7-5-13)25(21,22)19-15-17-18-16(23)24-15;2-1(3,4)5/h4-9H,1-3H3,(H-,17,18,19,23);(H,2,3,4,5). The predicted molar refractivity (Wildman–Crippen MR) is 100 cm³/mol. The smallest absolute Gasteiger partial charge is 0.256 e. The van der Waals surface area contributed by atoms with Gasteiger partial charge in [-0.25, -0.2) is 27.1 Å². The van der Waals surface area contributed by atoms with Crippen LogP contribution in [0.4, 0.5) is 5.13 Å². The molecule has 0 aliphatic rings. The summed E-state index contributed by atoms with van der Waals surface area (Å²) in [6, 6.07) is 10.9. The van der Waals surface area contributed by atoms with E-state index in [0.29, 0.717) is 3.95 Å². The molecule has 1 aromatic carbocycles. The number of nitrogens with one attached hydrogen (secondary N) is 2. The van der Waals surface area contributed by atoms with E-state index in [1.54, 1.807) is 24.3 Å². The monoisotopic (exact) mass is 492 g/mol. The van der Waals surface area contributed by atoms with Gasteiger partial charge in [0.1, 0.15) is 0 Å². The second kappa shape index (κ2) is 9.45. The number of benzene rings is 1. The Morgan fingerprint density at radius 3 is 2.00 bits per heavy atom. The van der Waals surface area contributed by atoms with Crippen LogP contribution in [-0.4, -0.2) is 18.6 Å². The van der Waals surface area contributed by atoms with Crippen LogP contribution >= 0.6 is 23.6 Å². The minimum absolute atomic E-state index is 0.167. The van der Waals surface area contributed by atoms with Crippen LogP contribution in [0.5, 0.6) is 0 Å². The lowest BCUT2D eigenvalue weighted by molar-refractivity contribution is -2.00. The summed E-state index contributed by atoms with van der Waals surface area (Å²) in [6.45, 7) is 6.10. The topological polar surface area (TPSA) is 171 Å². The molecule has 2 heterocycles. The van der Waals surface area contributed by atoms with Crippen molar-refractivity contribution < 1.29 is 41.9 Å². The van der Waals surface area contributed by atoms with Crippen molar-refractivity contribution in [3.63, 3.8) is 0 Å². The van der Waals surface area contributed by atoms with E-state index >= 15 is 0 Å². The number of hydrogen-bond acceptors (Lipinski definition) is 9. The van der Waals surface area contributed by atoms with Crippen LogP contribution in [0, 0.1) is 35.0 Å². The molecule has 0 amide bonds. The number of hydrogen-bond donors (Lipinski definition) is 2. The van der Waals surface area contributed by atoms with Crippen LogP contribution in [0.1, 0.15) is 17.0 Å². The van der Waals surface area contributed by atoms with Gasteiger partial charge in [-0.2, -0.15) is 4.57 Å². The zero-order valence-corrected chi connectivity index (χ0v) is 19.1. The molecular weight excluding hydrogens is 476 g/mol. The summed E-state index contributed by atoms with van der Waals surface area (Å²) in [5, 5.41) is 6.58. The summed E-state index contributed by atoms with van der Waals surface area (Å²) >= 11 is 5.97. The Balaban J connectivity index is 0.000000575. The fourth-order valence-electron chi connectivity index (χ4n) is 2.74. The van der Waals surface area contributed by atoms with Gasteiger partial charge in [0, 0.05) is 38.1 Å². The molecule has 10 nitrogen and oxygen atoms in total. The van der Waals surface area contributed by atoms with Gasteiger partial charge in [-0.15, -0.1) is 15.3 Å². The van der Waals surface area contributed by atoms with Crippen LogP contribution in [0.15, 0.2) is 41.3 Å². The van der Waals surface area contributed by atoms with E-state index in [9.17, 15) is 8.42 Å². The molecule has 162 valence electrons. The highest BCUT2D eigenvalue weighted by Gasteiger charge is 2.19. The number of halogens is 1. The molecule has 0 unspecified atom stereocenters. The zero-order valence-electron chi connectivity index (χ0n) is 15.9. The summed E-state index contributed by atoms with van der Waals surface area (Å²) in [6.07, 6.45) is 0. The van der Waals surface area contributed by atoms with Crippen LogP contribution < -0.4 is 27.9 Å². The molecular formula is C16H17ClN4O6S3. The lowest BCUT2D eigenvalue weighted by Crippen LogP contribution is -2.68. The number of rotatable bonds is 4. The fraction of sp³-hybridized carbons (Fsp3) is 0.188. The van der Waals surface area contributed by atoms with Crippen LogP contribution in [0.25, 0.3) is 5.69 Å². The van der Waals surface area contributed by atoms with Gasteiger partial charge in [0.2, 0.25) is 10.8 Å².